The first-order chi connectivity index (χ1) is 20.6. The molecule has 0 saturated heterocycles. The summed E-state index contributed by atoms with van der Waals surface area (Å²) in [5, 5.41) is 20.8. The molecule has 0 aromatic heterocycles. The van der Waals surface area contributed by atoms with Gasteiger partial charge in [0.2, 0.25) is 0 Å². The number of alkyl halides is 3. The maximum atomic E-state index is 12.8. The average molecular weight is 707 g/mol. The van der Waals surface area contributed by atoms with Gasteiger partial charge in [-0.25, -0.2) is 9.59 Å². The highest BCUT2D eigenvalue weighted by Crippen LogP contribution is 2.37. The lowest BCUT2D eigenvalue weighted by atomic mass is 10.1. The standard InChI is InChI=1S/C19H15ClF3NO7.C3H8NO5P.C3H9S/c1-3-29-17(25)10(2)30-18(26)13-9-12(5-6-15(13)24(27)28)31-16-7-4-11(8-14(16)20)19(21,22)23;5-3(6)1-4-2-10(7,8)9;1-4(2)3/h4-10H,3H2,1-2H3;4H,1-2H2,(H,5,6)(H2,7,8,9);1-3H3/q;;+1/p-1. The second-order valence-corrected chi connectivity index (χ2v) is 13.3. The van der Waals surface area contributed by atoms with Crippen molar-refractivity contribution in [3.05, 3.63) is 62.7 Å². The summed E-state index contributed by atoms with van der Waals surface area (Å²) in [4.78, 5) is 62.2. The second kappa shape index (κ2) is 19.2. The maximum Gasteiger partial charge on any atom is 0.416 e. The number of esters is 2. The van der Waals surface area contributed by atoms with Gasteiger partial charge in [-0.3, -0.25) is 20.2 Å². The van der Waals surface area contributed by atoms with E-state index in [1.165, 1.54) is 6.92 Å². The van der Waals surface area contributed by atoms with E-state index in [0.29, 0.717) is 17.0 Å². The monoisotopic (exact) mass is 706 g/mol. The van der Waals surface area contributed by atoms with E-state index in [2.05, 4.69) is 18.8 Å². The third-order valence-electron chi connectivity index (χ3n) is 4.36. The van der Waals surface area contributed by atoms with Crippen LogP contribution in [-0.2, 0) is 40.7 Å². The zero-order valence-electron chi connectivity index (χ0n) is 24.5. The summed E-state index contributed by atoms with van der Waals surface area (Å²) in [5.74, 6) is -3.53. The fraction of sp³-hybridized carbons (Fsp3) is 0.400. The summed E-state index contributed by atoms with van der Waals surface area (Å²) in [6.07, 6.45) is -0.0672. The van der Waals surface area contributed by atoms with Crippen LogP contribution in [-0.4, -0.2) is 77.1 Å². The lowest BCUT2D eigenvalue weighted by Crippen LogP contribution is -2.26. The van der Waals surface area contributed by atoms with E-state index >= 15 is 0 Å². The lowest BCUT2D eigenvalue weighted by molar-refractivity contribution is -0.385. The number of aliphatic carboxylic acids is 1. The highest BCUT2D eigenvalue weighted by Gasteiger charge is 2.31. The van der Waals surface area contributed by atoms with Gasteiger partial charge in [-0.05, 0) is 49.0 Å². The molecule has 2 rings (SSSR count). The number of benzene rings is 2. The smallest absolute Gasteiger partial charge is 0.416 e. The van der Waals surface area contributed by atoms with Crippen molar-refractivity contribution in [2.75, 3.05) is 38.2 Å². The number of carboxylic acids is 1. The number of hydrogen-bond donors (Lipinski definition) is 3. The number of nitrogens with one attached hydrogen (secondary N) is 1. The molecule has 2 aromatic carbocycles. The SMILES string of the molecule is CCOC(=O)C(C)OC(=O)c1cc(Oc2ccc(C(F)(F)F)cc2Cl)ccc1[N+](=O)[O-].C[S+](C)C.O=C(O)CNCP(=O)([O-])O. The Morgan fingerprint density at radius 1 is 1.16 bits per heavy atom. The highest BCUT2D eigenvalue weighted by atomic mass is 35.5. The summed E-state index contributed by atoms with van der Waals surface area (Å²) in [6, 6.07) is 5.37. The Labute approximate surface area is 263 Å². The van der Waals surface area contributed by atoms with Crippen LogP contribution in [0.3, 0.4) is 0 Å². The zero-order chi connectivity index (χ0) is 35.1. The molecule has 0 fully saturated rings. The third-order valence-corrected chi connectivity index (χ3v) is 5.28. The van der Waals surface area contributed by atoms with Crippen LogP contribution in [0.5, 0.6) is 11.5 Å². The zero-order valence-corrected chi connectivity index (χ0v) is 26.9. The number of carboxylic acid groups (broad SMARTS) is 1. The number of carbonyl (C=O) groups is 3. The number of carbonyl (C=O) groups excluding carboxylic acids is 2. The molecule has 0 amide bonds. The summed E-state index contributed by atoms with van der Waals surface area (Å²) in [7, 11) is -3.71. The Hall–Kier alpha value is -3.41. The van der Waals surface area contributed by atoms with Crippen LogP contribution < -0.4 is 14.9 Å². The molecule has 0 aliphatic carbocycles. The van der Waals surface area contributed by atoms with Gasteiger partial charge in [-0.2, -0.15) is 13.2 Å². The van der Waals surface area contributed by atoms with Crippen LogP contribution in [0, 0.1) is 10.1 Å². The molecule has 0 aliphatic rings. The topological polar surface area (TPSA) is 215 Å². The Bertz CT molecular complexity index is 1370. The van der Waals surface area contributed by atoms with E-state index in [1.807, 2.05) is 5.32 Å². The molecule has 252 valence electrons. The summed E-state index contributed by atoms with van der Waals surface area (Å²) in [5.41, 5.74) is -2.17. The minimum absolute atomic E-state index is 0.0398. The Balaban J connectivity index is 0.00000115. The van der Waals surface area contributed by atoms with Gasteiger partial charge in [0.25, 0.3) is 5.69 Å². The molecule has 14 nitrogen and oxygen atoms in total. The van der Waals surface area contributed by atoms with E-state index in [1.54, 1.807) is 6.92 Å². The summed E-state index contributed by atoms with van der Waals surface area (Å²) < 4.78 is 63.2. The highest BCUT2D eigenvalue weighted by molar-refractivity contribution is 7.94. The molecule has 0 radical (unpaired) electrons. The fourth-order valence-electron chi connectivity index (χ4n) is 2.62. The molecular formula is C25H31ClF3N2O12PS. The number of ether oxygens (including phenoxy) is 3. The number of halogens is 4. The number of nitro groups is 1. The lowest BCUT2D eigenvalue weighted by Gasteiger charge is -2.14. The van der Waals surface area contributed by atoms with Crippen molar-refractivity contribution in [2.24, 2.45) is 0 Å². The van der Waals surface area contributed by atoms with Gasteiger partial charge in [0.05, 0.1) is 53.7 Å². The van der Waals surface area contributed by atoms with Gasteiger partial charge in [0.15, 0.2) is 6.10 Å². The van der Waals surface area contributed by atoms with Gasteiger partial charge in [0.1, 0.15) is 24.7 Å². The van der Waals surface area contributed by atoms with Crippen molar-refractivity contribution < 1.29 is 66.1 Å². The number of rotatable bonds is 11. The molecule has 2 atom stereocenters. The van der Waals surface area contributed by atoms with Gasteiger partial charge >= 0.3 is 24.1 Å². The molecule has 3 N–H and O–H groups in total. The van der Waals surface area contributed by atoms with E-state index < -0.39 is 72.4 Å². The van der Waals surface area contributed by atoms with E-state index in [-0.39, 0.29) is 23.1 Å². The molecule has 2 aromatic rings. The summed E-state index contributed by atoms with van der Waals surface area (Å²) >= 11 is 5.83. The maximum absolute atomic E-state index is 12.8. The van der Waals surface area contributed by atoms with Crippen LogP contribution in [0.25, 0.3) is 0 Å². The fourth-order valence-corrected chi connectivity index (χ4v) is 3.24. The van der Waals surface area contributed by atoms with Gasteiger partial charge in [-0.1, -0.05) is 11.6 Å². The molecule has 20 heteroatoms. The average Bonchev–Trinajstić information content (AvgIpc) is 2.88. The van der Waals surface area contributed by atoms with E-state index in [0.717, 1.165) is 30.3 Å². The molecule has 0 saturated carbocycles. The van der Waals surface area contributed by atoms with Crippen molar-refractivity contribution in [3.63, 3.8) is 0 Å². The van der Waals surface area contributed by atoms with Crippen molar-refractivity contribution in [3.8, 4) is 11.5 Å². The van der Waals surface area contributed by atoms with E-state index in [9.17, 15) is 47.1 Å². The van der Waals surface area contributed by atoms with Crippen molar-refractivity contribution >= 4 is 53.7 Å². The van der Waals surface area contributed by atoms with Gasteiger partial charge in [-0.15, -0.1) is 0 Å². The van der Waals surface area contributed by atoms with Crippen molar-refractivity contribution in [1.82, 2.24) is 5.32 Å². The molecule has 2 unspecified atom stereocenters. The first kappa shape index (κ1) is 41.6. The van der Waals surface area contributed by atoms with Gasteiger partial charge in [0, 0.05) is 12.1 Å². The number of nitro benzene ring substituents is 1. The van der Waals surface area contributed by atoms with Crippen molar-refractivity contribution in [2.45, 2.75) is 26.1 Å². The third kappa shape index (κ3) is 17.6. The number of nitrogens with zero attached hydrogens (tertiary/aromatic N) is 1. The molecular weight excluding hydrogens is 676 g/mol. The predicted molar refractivity (Wildman–Crippen MR) is 157 cm³/mol. The van der Waals surface area contributed by atoms with Crippen LogP contribution >= 0.6 is 19.2 Å². The molecule has 0 heterocycles. The largest absolute Gasteiger partial charge is 0.778 e. The Morgan fingerprint density at radius 3 is 2.18 bits per heavy atom. The molecule has 0 aliphatic heterocycles. The summed E-state index contributed by atoms with van der Waals surface area (Å²) in [6.45, 7) is 2.33. The first-order valence-electron chi connectivity index (χ1n) is 12.2. The number of hydrogen-bond acceptors (Lipinski definition) is 11. The van der Waals surface area contributed by atoms with Crippen LogP contribution in [0.2, 0.25) is 5.02 Å². The molecule has 45 heavy (non-hydrogen) atoms. The molecule has 0 spiro atoms. The van der Waals surface area contributed by atoms with E-state index in [4.69, 9.17) is 35.8 Å². The van der Waals surface area contributed by atoms with Gasteiger partial charge < -0.3 is 33.7 Å². The van der Waals surface area contributed by atoms with Crippen LogP contribution in [0.1, 0.15) is 29.8 Å². The molecule has 0 bridgehead atoms. The minimum Gasteiger partial charge on any atom is -0.778 e. The normalized spacial score (nSPS) is 12.7. The first-order valence-corrected chi connectivity index (χ1v) is 16.8. The van der Waals surface area contributed by atoms with Crippen LogP contribution in [0.4, 0.5) is 18.9 Å². The van der Waals surface area contributed by atoms with Crippen LogP contribution in [0.15, 0.2) is 36.4 Å². The minimum atomic E-state index is -4.61. The quantitative estimate of drug-likeness (QED) is 0.0997. The second-order valence-electron chi connectivity index (χ2n) is 8.82. The predicted octanol–water partition coefficient (Wildman–Crippen LogP) is 3.83. The van der Waals surface area contributed by atoms with Crippen molar-refractivity contribution in [1.29, 1.82) is 0 Å². The Kier molecular flexibility index (Phi) is 17.7. The Morgan fingerprint density at radius 2 is 1.73 bits per heavy atom.